The molecule has 7 nitrogen and oxygen atoms in total. The van der Waals surface area contributed by atoms with Crippen molar-refractivity contribution in [3.05, 3.63) is 0 Å². The molecule has 0 aliphatic rings. The van der Waals surface area contributed by atoms with Gasteiger partial charge in [0.2, 0.25) is 5.91 Å². The molecule has 1 amide bonds. The van der Waals surface area contributed by atoms with Crippen molar-refractivity contribution in [1.29, 1.82) is 0 Å². The number of nitrogens with zero attached hydrogens (tertiary/aromatic N) is 1. The Balaban J connectivity index is 4.25. The minimum atomic E-state index is -2.42. The highest BCUT2D eigenvalue weighted by molar-refractivity contribution is 7.84. The molecular weight excluding hydrogens is 487 g/mol. The second kappa shape index (κ2) is 21.7. The van der Waals surface area contributed by atoms with E-state index in [0.29, 0.717) is 17.4 Å². The van der Waals surface area contributed by atoms with Gasteiger partial charge in [-0.05, 0) is 6.42 Å². The molecule has 8 heteroatoms. The first-order valence-electron chi connectivity index (χ1n) is 14.7. The van der Waals surface area contributed by atoms with Crippen molar-refractivity contribution in [3.63, 3.8) is 0 Å². The fourth-order valence-corrected chi connectivity index (χ4v) is 5.18. The molecule has 0 aromatic rings. The van der Waals surface area contributed by atoms with E-state index in [2.05, 4.69) is 12.2 Å². The normalized spacial score (nSPS) is 13.2. The number of ketones is 1. The van der Waals surface area contributed by atoms with E-state index < -0.39 is 25.2 Å². The van der Waals surface area contributed by atoms with Gasteiger partial charge in [0.15, 0.2) is 19.2 Å². The maximum absolute atomic E-state index is 12.5. The van der Waals surface area contributed by atoms with Crippen molar-refractivity contribution >= 4 is 30.9 Å². The molecule has 0 aliphatic heterocycles. The van der Waals surface area contributed by atoms with Gasteiger partial charge < -0.3 is 14.7 Å². The minimum Gasteiger partial charge on any atom is -0.360 e. The summed E-state index contributed by atoms with van der Waals surface area (Å²) >= 11 is 0. The number of amides is 1. The molecule has 2 N–H and O–H groups in total. The van der Waals surface area contributed by atoms with Crippen LogP contribution < -0.4 is 5.32 Å². The summed E-state index contributed by atoms with van der Waals surface area (Å²) in [5.41, 5.74) is -1.02. The second-order valence-corrected chi connectivity index (χ2v) is 13.0. The molecule has 0 rings (SSSR count). The van der Waals surface area contributed by atoms with Gasteiger partial charge in [-0.1, -0.05) is 90.9 Å². The number of quaternary nitrogens is 1. The summed E-state index contributed by atoms with van der Waals surface area (Å²) in [5, 5.41) is 2.73. The number of carbonyl (C=O) groups is 4. The van der Waals surface area contributed by atoms with Crippen LogP contribution in [0.25, 0.3) is 0 Å². The molecule has 2 unspecified atom stereocenters. The Morgan fingerprint density at radius 2 is 1.19 bits per heavy atom. The molecule has 0 aliphatic carbocycles. The standard InChI is InChI=1S/C29H55N2O5P/c1-6-8-9-10-11-12-13-14-15-16-17-18-19-20-26(32)23-25(30-27(33)7-2)24-29(35)37(36)28(34)21-22-31(3,4)5/h25,36H,6-24H2,1-5H3/p+1. The molecule has 0 aromatic carbocycles. The highest BCUT2D eigenvalue weighted by Gasteiger charge is 2.29. The van der Waals surface area contributed by atoms with Crippen LogP contribution in [0.5, 0.6) is 0 Å². The first kappa shape index (κ1) is 35.8. The van der Waals surface area contributed by atoms with Crippen molar-refractivity contribution in [3.8, 4) is 0 Å². The lowest BCUT2D eigenvalue weighted by Gasteiger charge is -2.24. The first-order chi connectivity index (χ1) is 17.5. The van der Waals surface area contributed by atoms with Crippen LogP contribution in [-0.2, 0) is 19.2 Å². The molecule has 0 spiro atoms. The molecular formula is C29H56N2O5P+. The lowest BCUT2D eigenvalue weighted by Crippen LogP contribution is -2.38. The smallest absolute Gasteiger partial charge is 0.219 e. The van der Waals surface area contributed by atoms with E-state index in [1.165, 1.54) is 64.2 Å². The van der Waals surface area contributed by atoms with Gasteiger partial charge in [-0.3, -0.25) is 19.2 Å². The fraction of sp³-hybridized carbons (Fsp3) is 0.862. The van der Waals surface area contributed by atoms with Crippen LogP contribution in [0.1, 0.15) is 129 Å². The van der Waals surface area contributed by atoms with Gasteiger partial charge in [-0.2, -0.15) is 0 Å². The van der Waals surface area contributed by atoms with Crippen LogP contribution >= 0.6 is 8.15 Å². The summed E-state index contributed by atoms with van der Waals surface area (Å²) in [6, 6.07) is -0.669. The van der Waals surface area contributed by atoms with E-state index in [-0.39, 0.29) is 37.4 Å². The van der Waals surface area contributed by atoms with Crippen molar-refractivity contribution in [2.24, 2.45) is 0 Å². The van der Waals surface area contributed by atoms with E-state index in [4.69, 9.17) is 0 Å². The zero-order valence-electron chi connectivity index (χ0n) is 24.5. The minimum absolute atomic E-state index is 0.0101. The van der Waals surface area contributed by atoms with Crippen molar-refractivity contribution < 1.29 is 28.6 Å². The van der Waals surface area contributed by atoms with Crippen LogP contribution in [0.2, 0.25) is 0 Å². The Kier molecular flexibility index (Phi) is 21.0. The summed E-state index contributed by atoms with van der Waals surface area (Å²) in [7, 11) is 3.39. The third kappa shape index (κ3) is 21.5. The molecule has 0 radical (unpaired) electrons. The molecule has 0 heterocycles. The third-order valence-corrected chi connectivity index (χ3v) is 7.96. The molecule has 216 valence electrons. The van der Waals surface area contributed by atoms with Crippen molar-refractivity contribution in [1.82, 2.24) is 5.32 Å². The molecule has 0 bridgehead atoms. The summed E-state index contributed by atoms with van der Waals surface area (Å²) in [6.07, 6.45) is 16.8. The predicted octanol–water partition coefficient (Wildman–Crippen LogP) is 6.25. The predicted molar refractivity (Wildman–Crippen MR) is 153 cm³/mol. The molecule has 0 saturated carbocycles. The topological polar surface area (TPSA) is 101 Å². The zero-order chi connectivity index (χ0) is 28.1. The summed E-state index contributed by atoms with van der Waals surface area (Å²) in [4.78, 5) is 59.5. The monoisotopic (exact) mass is 543 g/mol. The number of unbranched alkanes of at least 4 members (excludes halogenated alkanes) is 12. The van der Waals surface area contributed by atoms with Gasteiger partial charge in [0.1, 0.15) is 5.78 Å². The maximum Gasteiger partial charge on any atom is 0.219 e. The number of nitrogens with one attached hydrogen (secondary N) is 1. The Hall–Kier alpha value is -1.17. The van der Waals surface area contributed by atoms with Crippen LogP contribution in [0.15, 0.2) is 0 Å². The number of Topliss-reactive ketones (excluding diaryl/α,β-unsaturated/α-hetero) is 1. The molecule has 0 fully saturated rings. The highest BCUT2D eigenvalue weighted by Crippen LogP contribution is 2.36. The van der Waals surface area contributed by atoms with Crippen LogP contribution in [0.4, 0.5) is 0 Å². The Bertz CT molecular complexity index is 663. The van der Waals surface area contributed by atoms with E-state index in [9.17, 15) is 24.1 Å². The van der Waals surface area contributed by atoms with E-state index in [0.717, 1.165) is 19.3 Å². The van der Waals surface area contributed by atoms with Gasteiger partial charge >= 0.3 is 0 Å². The quantitative estimate of drug-likeness (QED) is 0.0805. The highest BCUT2D eigenvalue weighted by atomic mass is 31.1. The lowest BCUT2D eigenvalue weighted by atomic mass is 10.0. The average Bonchev–Trinajstić information content (AvgIpc) is 2.84. The van der Waals surface area contributed by atoms with E-state index in [1.807, 2.05) is 21.1 Å². The van der Waals surface area contributed by atoms with E-state index in [1.54, 1.807) is 6.92 Å². The zero-order valence-corrected chi connectivity index (χ0v) is 25.4. The Labute approximate surface area is 228 Å². The number of carbonyl (C=O) groups excluding carboxylic acids is 4. The van der Waals surface area contributed by atoms with Crippen LogP contribution in [0, 0.1) is 0 Å². The lowest BCUT2D eigenvalue weighted by molar-refractivity contribution is -0.869. The van der Waals surface area contributed by atoms with Gasteiger partial charge in [0, 0.05) is 31.7 Å². The molecule has 2 atom stereocenters. The number of hydrogen-bond acceptors (Lipinski definition) is 5. The van der Waals surface area contributed by atoms with Crippen molar-refractivity contribution in [2.45, 2.75) is 135 Å². The van der Waals surface area contributed by atoms with Gasteiger partial charge in [-0.25, -0.2) is 0 Å². The molecule has 0 aromatic heterocycles. The van der Waals surface area contributed by atoms with Crippen molar-refractivity contribution in [2.75, 3.05) is 27.7 Å². The largest absolute Gasteiger partial charge is 0.360 e. The summed E-state index contributed by atoms with van der Waals surface area (Å²) < 4.78 is 0.561. The van der Waals surface area contributed by atoms with Crippen LogP contribution in [-0.4, -0.2) is 65.8 Å². The summed E-state index contributed by atoms with van der Waals surface area (Å²) in [5.74, 6) is -0.235. The second-order valence-electron chi connectivity index (χ2n) is 11.4. The Morgan fingerprint density at radius 1 is 0.703 bits per heavy atom. The maximum atomic E-state index is 12.5. The molecule has 37 heavy (non-hydrogen) atoms. The SMILES string of the molecule is CCCCCCCCCCCCCCCC(=O)CC(CC(=O)P(O)C(=O)CC[N+](C)(C)C)NC(=O)CC. The van der Waals surface area contributed by atoms with Crippen LogP contribution in [0.3, 0.4) is 0 Å². The average molecular weight is 544 g/mol. The number of hydrogen-bond donors (Lipinski definition) is 2. The van der Waals surface area contributed by atoms with Gasteiger partial charge in [0.05, 0.1) is 34.1 Å². The van der Waals surface area contributed by atoms with Gasteiger partial charge in [0.25, 0.3) is 0 Å². The number of rotatable bonds is 25. The van der Waals surface area contributed by atoms with Gasteiger partial charge in [-0.15, -0.1) is 0 Å². The fourth-order valence-electron chi connectivity index (χ4n) is 4.19. The first-order valence-corrected chi connectivity index (χ1v) is 16.0. The summed E-state index contributed by atoms with van der Waals surface area (Å²) in [6.45, 7) is 4.48. The van der Waals surface area contributed by atoms with E-state index >= 15 is 0 Å². The Morgan fingerprint density at radius 3 is 1.65 bits per heavy atom. The third-order valence-electron chi connectivity index (χ3n) is 6.61. The molecule has 0 saturated heterocycles.